The second-order valence-electron chi connectivity index (χ2n) is 1.01. The Morgan fingerprint density at radius 1 is 1.43 bits per heavy atom. The SMILES string of the molecule is [B]=CC(=[B])C(=[B])S. The third kappa shape index (κ3) is 2.80. The van der Waals surface area contributed by atoms with Crippen molar-refractivity contribution in [3.05, 3.63) is 0 Å². The average Bonchev–Trinajstić information content (AvgIpc) is 1.65. The monoisotopic (exact) mass is 103 g/mol. The Labute approximate surface area is 51.9 Å². The van der Waals surface area contributed by atoms with Crippen LogP contribution in [-0.2, 0) is 0 Å². The van der Waals surface area contributed by atoms with Crippen LogP contribution in [0.25, 0.3) is 0 Å². The first kappa shape index (κ1) is 7.15. The Hall–Kier alpha value is 0.155. The van der Waals surface area contributed by atoms with Gasteiger partial charge in [-0.3, -0.25) is 0 Å². The molecule has 0 heterocycles. The summed E-state index contributed by atoms with van der Waals surface area (Å²) in [5, 5.41) is 0. The topological polar surface area (TPSA) is 0 Å². The van der Waals surface area contributed by atoms with E-state index in [2.05, 4.69) is 12.6 Å². The quantitative estimate of drug-likeness (QED) is 0.319. The maximum absolute atomic E-state index is 5.11. The van der Waals surface area contributed by atoms with Crippen LogP contribution in [0.1, 0.15) is 0 Å². The molecule has 0 aromatic rings. The molecule has 0 saturated heterocycles. The fourth-order valence-corrected chi connectivity index (χ4v) is 0.160. The third-order valence-corrected chi connectivity index (χ3v) is 0.734. The molecule has 29 valence electrons. The van der Waals surface area contributed by atoms with E-state index in [9.17, 15) is 0 Å². The Kier molecular flexibility index (Phi) is 3.27. The molecule has 0 aliphatic rings. The zero-order chi connectivity index (χ0) is 5.86. The standard InChI is InChI=1S/C3H2B3S/c4-1-2(5)3(6)7/h1,7H. The summed E-state index contributed by atoms with van der Waals surface area (Å²) in [6, 6.07) is 0. The number of thiol groups is 1. The summed E-state index contributed by atoms with van der Waals surface area (Å²) < 4.78 is 0. The molecule has 0 aromatic carbocycles. The summed E-state index contributed by atoms with van der Waals surface area (Å²) in [6.07, 6.45) is 0. The zero-order valence-electron chi connectivity index (χ0n) is 3.76. The molecular formula is C3H2B3S. The second-order valence-corrected chi connectivity index (χ2v) is 1.49. The van der Waals surface area contributed by atoms with Crippen LogP contribution in [0.3, 0.4) is 0 Å². The number of rotatable bonds is 2. The maximum atomic E-state index is 5.11. The molecule has 0 bridgehead atoms. The van der Waals surface area contributed by atoms with Crippen molar-refractivity contribution in [2.75, 3.05) is 0 Å². The van der Waals surface area contributed by atoms with E-state index >= 15 is 0 Å². The Morgan fingerprint density at radius 2 is 1.86 bits per heavy atom. The molecule has 0 nitrogen and oxygen atoms in total. The van der Waals surface area contributed by atoms with E-state index in [0.717, 1.165) is 0 Å². The van der Waals surface area contributed by atoms with Crippen molar-refractivity contribution < 1.29 is 0 Å². The average molecular weight is 103 g/mol. The van der Waals surface area contributed by atoms with Gasteiger partial charge >= 0.3 is 51.3 Å². The van der Waals surface area contributed by atoms with Gasteiger partial charge in [-0.25, -0.2) is 0 Å². The van der Waals surface area contributed by atoms with Crippen molar-refractivity contribution in [3.63, 3.8) is 0 Å². The zero-order valence-corrected chi connectivity index (χ0v) is 4.65. The number of hydrogen-bond donors (Lipinski definition) is 1. The van der Waals surface area contributed by atoms with Gasteiger partial charge in [0.1, 0.15) is 0 Å². The molecule has 0 N–H and O–H groups in total. The summed E-state index contributed by atoms with van der Waals surface area (Å²) in [6.45, 7) is 0. The van der Waals surface area contributed by atoms with Crippen molar-refractivity contribution in [2.24, 2.45) is 0 Å². The first-order chi connectivity index (χ1) is 3.18. The van der Waals surface area contributed by atoms with Crippen LogP contribution < -0.4 is 0 Å². The molecule has 4 heteroatoms. The number of hydrogen-bond acceptors (Lipinski definition) is 1. The molecular weight excluding hydrogens is 101 g/mol. The predicted octanol–water partition coefficient (Wildman–Crippen LogP) is -1.47. The molecule has 0 atom stereocenters. The van der Waals surface area contributed by atoms with Gasteiger partial charge in [-0.2, -0.15) is 0 Å². The predicted molar refractivity (Wildman–Crippen MR) is 42.3 cm³/mol. The van der Waals surface area contributed by atoms with Crippen LogP contribution in [0.4, 0.5) is 0 Å². The van der Waals surface area contributed by atoms with E-state index in [4.69, 9.17) is 22.5 Å². The normalized spacial score (nSPS) is 7.14. The summed E-state index contributed by atoms with van der Waals surface area (Å²) in [4.78, 5) is 0.252. The van der Waals surface area contributed by atoms with Crippen molar-refractivity contribution >= 4 is 51.3 Å². The fourth-order valence-electron chi connectivity index (χ4n) is 0.0854. The minimum absolute atomic E-state index is 0.252. The van der Waals surface area contributed by atoms with Gasteiger partial charge in [-0.15, -0.1) is 0 Å². The molecule has 3 radical (unpaired) electrons. The van der Waals surface area contributed by atoms with E-state index in [-0.39, 0.29) is 4.80 Å². The molecule has 0 aromatic heterocycles. The third-order valence-electron chi connectivity index (χ3n) is 0.475. The molecule has 0 amide bonds. The summed E-state index contributed by atoms with van der Waals surface area (Å²) in [5.74, 6) is 1.20. The van der Waals surface area contributed by atoms with Crippen molar-refractivity contribution in [2.45, 2.75) is 0 Å². The van der Waals surface area contributed by atoms with Gasteiger partial charge in [0.15, 0.2) is 0 Å². The second kappa shape index (κ2) is 3.19. The molecule has 0 fully saturated rings. The molecule has 0 aliphatic carbocycles. The van der Waals surface area contributed by atoms with Crippen molar-refractivity contribution in [1.82, 2.24) is 0 Å². The summed E-state index contributed by atoms with van der Waals surface area (Å²) in [7, 11) is 15.1. The van der Waals surface area contributed by atoms with E-state index in [1.54, 1.807) is 0 Å². The van der Waals surface area contributed by atoms with Gasteiger partial charge in [0.2, 0.25) is 0 Å². The fraction of sp³-hybridized carbons (Fsp3) is 0. The molecule has 0 spiro atoms. The van der Waals surface area contributed by atoms with Crippen molar-refractivity contribution in [3.8, 4) is 0 Å². The summed E-state index contributed by atoms with van der Waals surface area (Å²) >= 11 is 3.69. The van der Waals surface area contributed by atoms with Gasteiger partial charge in [-0.05, 0) is 0 Å². The van der Waals surface area contributed by atoms with Crippen molar-refractivity contribution in [1.29, 1.82) is 0 Å². The molecule has 0 aliphatic heterocycles. The first-order valence-electron chi connectivity index (χ1n) is 1.67. The van der Waals surface area contributed by atoms with Crippen LogP contribution in [0.15, 0.2) is 0 Å². The van der Waals surface area contributed by atoms with Crippen LogP contribution in [0, 0.1) is 0 Å². The molecule has 0 rings (SSSR count). The molecule has 7 heavy (non-hydrogen) atoms. The van der Waals surface area contributed by atoms with E-state index in [0.29, 0.717) is 5.46 Å². The Balaban J connectivity index is 3.81. The van der Waals surface area contributed by atoms with Crippen LogP contribution in [0.2, 0.25) is 0 Å². The van der Waals surface area contributed by atoms with E-state index in [1.807, 2.05) is 0 Å². The molecule has 0 saturated carbocycles. The van der Waals surface area contributed by atoms with Crippen LogP contribution in [0.5, 0.6) is 0 Å². The first-order valence-corrected chi connectivity index (χ1v) is 2.12. The van der Waals surface area contributed by atoms with Gasteiger partial charge < -0.3 is 0 Å². The van der Waals surface area contributed by atoms with E-state index < -0.39 is 0 Å². The Morgan fingerprint density at radius 3 is 1.86 bits per heavy atom. The van der Waals surface area contributed by atoms with Gasteiger partial charge in [-0.1, -0.05) is 0 Å². The molecule has 0 unspecified atom stereocenters. The van der Waals surface area contributed by atoms with Crippen LogP contribution in [-0.4, -0.2) is 38.7 Å². The van der Waals surface area contributed by atoms with Gasteiger partial charge in [0.05, 0.1) is 0 Å². The van der Waals surface area contributed by atoms with Gasteiger partial charge in [0, 0.05) is 0 Å². The van der Waals surface area contributed by atoms with E-state index in [1.165, 1.54) is 5.97 Å². The van der Waals surface area contributed by atoms with Gasteiger partial charge in [0.25, 0.3) is 0 Å². The summed E-state index contributed by atoms with van der Waals surface area (Å²) in [5.41, 5.74) is 0.309. The van der Waals surface area contributed by atoms with Crippen LogP contribution >= 0.6 is 12.6 Å². The minimum atomic E-state index is 0.252. The Bertz CT molecular complexity index is 117.